The fraction of sp³-hybridized carbons (Fsp3) is 0.952. The van der Waals surface area contributed by atoms with E-state index in [1.807, 2.05) is 0 Å². The number of nitrogens with one attached hydrogen (secondary N) is 2. The van der Waals surface area contributed by atoms with Crippen LogP contribution >= 0.6 is 24.0 Å². The minimum atomic E-state index is 0. The summed E-state index contributed by atoms with van der Waals surface area (Å²) in [5.74, 6) is 2.69. The lowest BCUT2D eigenvalue weighted by molar-refractivity contribution is 0.188. The van der Waals surface area contributed by atoms with E-state index >= 15 is 0 Å². The summed E-state index contributed by atoms with van der Waals surface area (Å²) in [5, 5.41) is 6.95. The Morgan fingerprint density at radius 2 is 1.56 bits per heavy atom. The summed E-state index contributed by atoms with van der Waals surface area (Å²) in [7, 11) is 0. The van der Waals surface area contributed by atoms with Gasteiger partial charge in [-0.05, 0) is 96.6 Å². The molecule has 0 aliphatic carbocycles. The molecule has 2 saturated heterocycles. The van der Waals surface area contributed by atoms with Crippen molar-refractivity contribution in [2.45, 2.75) is 59.3 Å². The molecule has 0 amide bonds. The number of likely N-dealkylation sites (tertiary alicyclic amines) is 2. The van der Waals surface area contributed by atoms with E-state index in [1.165, 1.54) is 77.8 Å². The molecule has 27 heavy (non-hydrogen) atoms. The molecule has 6 heteroatoms. The number of halogens is 1. The minimum Gasteiger partial charge on any atom is -0.357 e. The average Bonchev–Trinajstić information content (AvgIpc) is 2.66. The molecular formula is C21H44IN5. The molecule has 0 unspecified atom stereocenters. The Morgan fingerprint density at radius 3 is 2.19 bits per heavy atom. The van der Waals surface area contributed by atoms with Gasteiger partial charge in [-0.1, -0.05) is 13.8 Å². The van der Waals surface area contributed by atoms with Gasteiger partial charge < -0.3 is 20.4 Å². The molecule has 0 radical (unpaired) electrons. The Labute approximate surface area is 185 Å². The maximum Gasteiger partial charge on any atom is 0.191 e. The van der Waals surface area contributed by atoms with Crippen LogP contribution in [-0.4, -0.2) is 74.7 Å². The van der Waals surface area contributed by atoms with Crippen molar-refractivity contribution in [2.24, 2.45) is 16.8 Å². The van der Waals surface area contributed by atoms with Crippen molar-refractivity contribution in [3.05, 3.63) is 0 Å². The van der Waals surface area contributed by atoms with Gasteiger partial charge in [-0.15, -0.1) is 24.0 Å². The van der Waals surface area contributed by atoms with Crippen LogP contribution in [0.3, 0.4) is 0 Å². The third kappa shape index (κ3) is 10.3. The first kappa shape index (κ1) is 25.0. The van der Waals surface area contributed by atoms with Gasteiger partial charge >= 0.3 is 0 Å². The first-order valence-electron chi connectivity index (χ1n) is 11.2. The molecule has 2 aliphatic heterocycles. The van der Waals surface area contributed by atoms with Crippen LogP contribution in [0.2, 0.25) is 0 Å². The normalized spacial score (nSPS) is 21.1. The van der Waals surface area contributed by atoms with Crippen molar-refractivity contribution in [3.63, 3.8) is 0 Å². The highest BCUT2D eigenvalue weighted by atomic mass is 127. The SMILES string of the molecule is CCCN1CCC(CN=C(NCC)NCCCN2CCC(C)CC2)CC1.I. The fourth-order valence-corrected chi connectivity index (χ4v) is 4.07. The van der Waals surface area contributed by atoms with Gasteiger partial charge in [0.2, 0.25) is 0 Å². The van der Waals surface area contributed by atoms with Gasteiger partial charge in [0.15, 0.2) is 5.96 Å². The Morgan fingerprint density at radius 1 is 0.926 bits per heavy atom. The van der Waals surface area contributed by atoms with E-state index in [4.69, 9.17) is 4.99 Å². The first-order chi connectivity index (χ1) is 12.7. The predicted octanol–water partition coefficient (Wildman–Crippen LogP) is 3.40. The van der Waals surface area contributed by atoms with Crippen molar-refractivity contribution in [1.82, 2.24) is 20.4 Å². The van der Waals surface area contributed by atoms with Gasteiger partial charge in [-0.25, -0.2) is 0 Å². The average molecular weight is 494 g/mol. The topological polar surface area (TPSA) is 42.9 Å². The molecule has 160 valence electrons. The van der Waals surface area contributed by atoms with Crippen molar-refractivity contribution < 1.29 is 0 Å². The van der Waals surface area contributed by atoms with Crippen LogP contribution in [0.5, 0.6) is 0 Å². The summed E-state index contributed by atoms with van der Waals surface area (Å²) in [4.78, 5) is 10.1. The van der Waals surface area contributed by atoms with Crippen molar-refractivity contribution in [3.8, 4) is 0 Å². The molecule has 0 saturated carbocycles. The molecule has 2 heterocycles. The summed E-state index contributed by atoms with van der Waals surface area (Å²) < 4.78 is 0. The molecule has 0 bridgehead atoms. The third-order valence-corrected chi connectivity index (χ3v) is 5.92. The van der Waals surface area contributed by atoms with Gasteiger partial charge in [-0.3, -0.25) is 4.99 Å². The van der Waals surface area contributed by atoms with E-state index in [2.05, 4.69) is 41.2 Å². The second kappa shape index (κ2) is 14.9. The van der Waals surface area contributed by atoms with E-state index in [0.29, 0.717) is 0 Å². The number of aliphatic imine (C=N–C) groups is 1. The highest BCUT2D eigenvalue weighted by Gasteiger charge is 2.18. The van der Waals surface area contributed by atoms with Crippen LogP contribution in [0.4, 0.5) is 0 Å². The Kier molecular flexibility index (Phi) is 13.7. The molecule has 2 rings (SSSR count). The number of hydrogen-bond acceptors (Lipinski definition) is 3. The van der Waals surface area contributed by atoms with E-state index in [0.717, 1.165) is 37.4 Å². The Bertz CT molecular complexity index is 388. The molecule has 0 aromatic heterocycles. The standard InChI is InChI=1S/C21H43N5.HI/c1-4-12-25-16-9-20(10-17-25)18-24-21(22-5-2)23-11-6-13-26-14-7-19(3)8-15-26;/h19-20H,4-18H2,1-3H3,(H2,22,23,24);1H. The Balaban J connectivity index is 0.00000364. The molecular weight excluding hydrogens is 449 g/mol. The highest BCUT2D eigenvalue weighted by molar-refractivity contribution is 14.0. The van der Waals surface area contributed by atoms with Crippen LogP contribution in [0.25, 0.3) is 0 Å². The van der Waals surface area contributed by atoms with E-state index in [9.17, 15) is 0 Å². The number of piperidine rings is 2. The highest BCUT2D eigenvalue weighted by Crippen LogP contribution is 2.17. The summed E-state index contributed by atoms with van der Waals surface area (Å²) in [6, 6.07) is 0. The quantitative estimate of drug-likeness (QED) is 0.224. The van der Waals surface area contributed by atoms with Gasteiger partial charge in [-0.2, -0.15) is 0 Å². The largest absolute Gasteiger partial charge is 0.357 e. The summed E-state index contributed by atoms with van der Waals surface area (Å²) in [5.41, 5.74) is 0. The maximum absolute atomic E-state index is 4.86. The van der Waals surface area contributed by atoms with E-state index in [-0.39, 0.29) is 24.0 Å². The van der Waals surface area contributed by atoms with Crippen molar-refractivity contribution in [1.29, 1.82) is 0 Å². The lowest BCUT2D eigenvalue weighted by Crippen LogP contribution is -2.40. The van der Waals surface area contributed by atoms with Gasteiger partial charge in [0.25, 0.3) is 0 Å². The lowest BCUT2D eigenvalue weighted by atomic mass is 9.97. The number of guanidine groups is 1. The van der Waals surface area contributed by atoms with E-state index in [1.54, 1.807) is 0 Å². The second-order valence-corrected chi connectivity index (χ2v) is 8.31. The zero-order valence-corrected chi connectivity index (χ0v) is 20.3. The zero-order chi connectivity index (χ0) is 18.6. The summed E-state index contributed by atoms with van der Waals surface area (Å²) >= 11 is 0. The predicted molar refractivity (Wildman–Crippen MR) is 128 cm³/mol. The van der Waals surface area contributed by atoms with Crippen LogP contribution < -0.4 is 10.6 Å². The summed E-state index contributed by atoms with van der Waals surface area (Å²) in [6.07, 6.45) is 7.82. The minimum absolute atomic E-state index is 0. The number of nitrogens with zero attached hydrogens (tertiary/aromatic N) is 3. The second-order valence-electron chi connectivity index (χ2n) is 8.31. The monoisotopic (exact) mass is 493 g/mol. The van der Waals surface area contributed by atoms with Crippen LogP contribution in [-0.2, 0) is 0 Å². The van der Waals surface area contributed by atoms with Gasteiger partial charge in [0.1, 0.15) is 0 Å². The Hall–Kier alpha value is -0.0800. The maximum atomic E-state index is 4.86. The van der Waals surface area contributed by atoms with Crippen molar-refractivity contribution in [2.75, 3.05) is 58.9 Å². The molecule has 2 N–H and O–H groups in total. The molecule has 0 atom stereocenters. The molecule has 2 fully saturated rings. The van der Waals surface area contributed by atoms with E-state index < -0.39 is 0 Å². The molecule has 5 nitrogen and oxygen atoms in total. The number of rotatable bonds is 9. The van der Waals surface area contributed by atoms with Gasteiger partial charge in [0, 0.05) is 19.6 Å². The van der Waals surface area contributed by atoms with Crippen LogP contribution in [0.15, 0.2) is 4.99 Å². The smallest absolute Gasteiger partial charge is 0.191 e. The zero-order valence-electron chi connectivity index (χ0n) is 18.0. The molecule has 2 aliphatic rings. The molecule has 0 aromatic carbocycles. The first-order valence-corrected chi connectivity index (χ1v) is 11.2. The number of hydrogen-bond donors (Lipinski definition) is 2. The molecule has 0 aromatic rings. The molecule has 0 spiro atoms. The third-order valence-electron chi connectivity index (χ3n) is 5.92. The van der Waals surface area contributed by atoms with Crippen LogP contribution in [0, 0.1) is 11.8 Å². The van der Waals surface area contributed by atoms with Crippen molar-refractivity contribution >= 4 is 29.9 Å². The van der Waals surface area contributed by atoms with Crippen LogP contribution in [0.1, 0.15) is 59.3 Å². The van der Waals surface area contributed by atoms with Gasteiger partial charge in [0.05, 0.1) is 0 Å². The fourth-order valence-electron chi connectivity index (χ4n) is 4.07. The lowest BCUT2D eigenvalue weighted by Gasteiger charge is -2.31. The summed E-state index contributed by atoms with van der Waals surface area (Å²) in [6.45, 7) is 17.3.